The summed E-state index contributed by atoms with van der Waals surface area (Å²) in [5.74, 6) is -0.586. The fourth-order valence-corrected chi connectivity index (χ4v) is 6.17. The van der Waals surface area contributed by atoms with E-state index in [1.807, 2.05) is 12.1 Å². The molecule has 1 fully saturated rings. The van der Waals surface area contributed by atoms with Gasteiger partial charge in [0.2, 0.25) is 0 Å². The van der Waals surface area contributed by atoms with E-state index in [4.69, 9.17) is 13.7 Å². The molecule has 0 saturated heterocycles. The van der Waals surface area contributed by atoms with E-state index >= 15 is 0 Å². The summed E-state index contributed by atoms with van der Waals surface area (Å²) in [6.07, 6.45) is 5.94. The van der Waals surface area contributed by atoms with Crippen LogP contribution in [0.4, 0.5) is 0 Å². The van der Waals surface area contributed by atoms with Crippen LogP contribution in [-0.2, 0) is 20.1 Å². The van der Waals surface area contributed by atoms with Crippen LogP contribution in [0.5, 0.6) is 0 Å². The predicted molar refractivity (Wildman–Crippen MR) is 160 cm³/mol. The van der Waals surface area contributed by atoms with Gasteiger partial charge in [0.15, 0.2) is 0 Å². The maximum absolute atomic E-state index is 9.16. The summed E-state index contributed by atoms with van der Waals surface area (Å²) >= 11 is 1.58. The van der Waals surface area contributed by atoms with Crippen molar-refractivity contribution in [2.75, 3.05) is 0 Å². The van der Waals surface area contributed by atoms with Crippen molar-refractivity contribution in [3.63, 3.8) is 0 Å². The number of hydrogen-bond donors (Lipinski definition) is 0. The molecular weight excluding hydrogens is 673 g/mol. The maximum Gasteiger partial charge on any atom is 0.0830 e. The van der Waals surface area contributed by atoms with Gasteiger partial charge in [-0.25, -0.2) is 0 Å². The summed E-state index contributed by atoms with van der Waals surface area (Å²) in [6.45, 7) is -2.48. The van der Waals surface area contributed by atoms with Gasteiger partial charge in [0.05, 0.1) is 8.22 Å². The number of aromatic nitrogens is 2. The minimum absolute atomic E-state index is 0. The fourth-order valence-electron chi connectivity index (χ4n) is 4.81. The molecule has 3 aromatic carbocycles. The first kappa shape index (κ1) is 17.5. The first-order valence-corrected chi connectivity index (χ1v) is 13.4. The van der Waals surface area contributed by atoms with E-state index < -0.39 is 12.7 Å². The van der Waals surface area contributed by atoms with Gasteiger partial charge in [0.25, 0.3) is 0 Å². The molecule has 7 rings (SSSR count). The molecule has 2 nitrogen and oxygen atoms in total. The van der Waals surface area contributed by atoms with Crippen LogP contribution in [0.3, 0.4) is 0 Å². The SMILES string of the molecule is [2H]c1c(C([2H])([2H])[2H])cnc(-c2[c-]ccc3c2sc2c(C4([2H])CCCCC4)cccc23)c1[2H].[2H]c1nc(-c2[c-]cccc2)c([2H])c([2H])c1[2H].[Ir]. The van der Waals surface area contributed by atoms with E-state index in [0.29, 0.717) is 11.1 Å². The molecule has 39 heavy (non-hydrogen) atoms. The Kier molecular flexibility index (Phi) is 5.74. The van der Waals surface area contributed by atoms with Crippen LogP contribution in [0.1, 0.15) is 62.8 Å². The summed E-state index contributed by atoms with van der Waals surface area (Å²) in [6, 6.07) is 21.7. The van der Waals surface area contributed by atoms with Crippen LogP contribution >= 0.6 is 11.3 Å². The topological polar surface area (TPSA) is 25.8 Å². The number of fused-ring (bicyclic) bond motifs is 3. The molecule has 0 unspecified atom stereocenters. The quantitative estimate of drug-likeness (QED) is 0.171. The zero-order chi connectivity index (χ0) is 34.4. The van der Waals surface area contributed by atoms with Gasteiger partial charge >= 0.3 is 0 Å². The molecule has 0 aliphatic heterocycles. The number of benzene rings is 3. The van der Waals surface area contributed by atoms with E-state index in [-0.39, 0.29) is 73.4 Å². The zero-order valence-electron chi connectivity index (χ0n) is 30.9. The van der Waals surface area contributed by atoms with Gasteiger partial charge in [-0.1, -0.05) is 67.0 Å². The monoisotopic (exact) mass is 713 g/mol. The minimum atomic E-state index is -2.48. The van der Waals surface area contributed by atoms with Crippen LogP contribution in [0, 0.1) is 19.0 Å². The second-order valence-corrected chi connectivity index (χ2v) is 10.1. The number of rotatable bonds is 3. The van der Waals surface area contributed by atoms with E-state index in [9.17, 15) is 0 Å². The fraction of sp³-hybridized carbons (Fsp3) is 0.200. The molecule has 1 saturated carbocycles. The van der Waals surface area contributed by atoms with E-state index in [2.05, 4.69) is 34.2 Å². The molecule has 1 radical (unpaired) electrons. The largest absolute Gasteiger partial charge is 0.305 e. The van der Waals surface area contributed by atoms with Crippen LogP contribution in [0.2, 0.25) is 0 Å². The van der Waals surface area contributed by atoms with Crippen molar-refractivity contribution in [3.8, 4) is 22.5 Å². The number of thiophene rings is 1. The summed E-state index contributed by atoms with van der Waals surface area (Å²) < 4.78 is 80.6. The first-order valence-electron chi connectivity index (χ1n) is 17.6. The maximum atomic E-state index is 9.16. The molecular formula is C35H30IrN2S-2. The molecule has 1 aliphatic rings. The normalized spacial score (nSPS) is 18.3. The molecule has 3 aromatic heterocycles. The third kappa shape index (κ3) is 6.04. The molecule has 0 N–H and O–H groups in total. The second-order valence-electron chi connectivity index (χ2n) is 9.04. The molecule has 4 heteroatoms. The standard InChI is InChI=1S/C24H22NS.C11H8N.Ir/c1-16-13-14-22(25-15-16)21-12-6-11-20-19-10-5-9-18(23(19)26-24(20)21)17-7-3-2-4-8-17;1-2-6-10(7-3-1)11-8-4-5-9-12-11;/h5-6,9-11,13-15,17H,2-4,7-8H2,1H3;1-6,8-9H;/q2*-1;/i1D3,13D,14D,17D;4D,5D,8D,9D;. The molecule has 197 valence electrons. The third-order valence-corrected chi connectivity index (χ3v) is 7.88. The van der Waals surface area contributed by atoms with Crippen LogP contribution in [-0.4, -0.2) is 9.97 Å². The average Bonchev–Trinajstić information content (AvgIpc) is 3.46. The van der Waals surface area contributed by atoms with Crippen LogP contribution in [0.25, 0.3) is 42.7 Å². The van der Waals surface area contributed by atoms with E-state index in [0.717, 1.165) is 51.4 Å². The van der Waals surface area contributed by atoms with Gasteiger partial charge in [-0.15, -0.1) is 59.7 Å². The van der Waals surface area contributed by atoms with Gasteiger partial charge in [0, 0.05) is 42.7 Å². The second kappa shape index (κ2) is 12.8. The Balaban J connectivity index is 0.000000233. The number of aryl methyl sites for hydroxylation is 1. The van der Waals surface area contributed by atoms with Crippen molar-refractivity contribution in [3.05, 3.63) is 120 Å². The van der Waals surface area contributed by atoms with Crippen molar-refractivity contribution in [1.82, 2.24) is 9.97 Å². The Bertz CT molecular complexity index is 2150. The number of pyridine rings is 2. The number of hydrogen-bond acceptors (Lipinski definition) is 3. The first-order chi connectivity index (χ1) is 22.8. The van der Waals surface area contributed by atoms with E-state index in [1.165, 1.54) is 12.6 Å². The molecule has 0 amide bonds. The van der Waals surface area contributed by atoms with Crippen LogP contribution < -0.4 is 0 Å². The summed E-state index contributed by atoms with van der Waals surface area (Å²) in [5, 5.41) is 2.08. The van der Waals surface area contributed by atoms with E-state index in [1.54, 1.807) is 41.7 Å². The zero-order valence-corrected chi connectivity index (χ0v) is 24.2. The number of nitrogens with zero attached hydrogens (tertiary/aromatic N) is 2. The molecule has 1 aliphatic carbocycles. The average molecular weight is 713 g/mol. The summed E-state index contributed by atoms with van der Waals surface area (Å²) in [5.41, 5.74) is 2.50. The van der Waals surface area contributed by atoms with Crippen molar-refractivity contribution < 1.29 is 33.8 Å². The molecule has 3 heterocycles. The van der Waals surface area contributed by atoms with Crippen molar-refractivity contribution >= 4 is 31.5 Å². The van der Waals surface area contributed by atoms with Gasteiger partial charge < -0.3 is 9.97 Å². The van der Waals surface area contributed by atoms with Crippen molar-refractivity contribution in [1.29, 1.82) is 0 Å². The Morgan fingerprint density at radius 2 is 1.77 bits per heavy atom. The predicted octanol–water partition coefficient (Wildman–Crippen LogP) is 9.82. The van der Waals surface area contributed by atoms with Crippen LogP contribution in [0.15, 0.2) is 97.2 Å². The molecule has 6 aromatic rings. The van der Waals surface area contributed by atoms with Crippen molar-refractivity contribution in [2.45, 2.75) is 44.8 Å². The molecule has 0 spiro atoms. The molecule has 0 bridgehead atoms. The third-order valence-electron chi connectivity index (χ3n) is 6.60. The van der Waals surface area contributed by atoms with Gasteiger partial charge in [-0.05, 0) is 64.2 Å². The smallest absolute Gasteiger partial charge is 0.0830 e. The van der Waals surface area contributed by atoms with Gasteiger partial charge in [-0.2, -0.15) is 11.3 Å². The Hall–Kier alpha value is -3.17. The Morgan fingerprint density at radius 1 is 0.872 bits per heavy atom. The summed E-state index contributed by atoms with van der Waals surface area (Å²) in [4.78, 5) is 8.14. The molecule has 0 atom stereocenters. The van der Waals surface area contributed by atoms with Crippen molar-refractivity contribution in [2.24, 2.45) is 0 Å². The Labute approximate surface area is 262 Å². The Morgan fingerprint density at radius 3 is 2.62 bits per heavy atom. The van der Waals surface area contributed by atoms with Gasteiger partial charge in [-0.3, -0.25) is 0 Å². The summed E-state index contributed by atoms with van der Waals surface area (Å²) in [7, 11) is 0. The van der Waals surface area contributed by atoms with Gasteiger partial charge in [0.1, 0.15) is 0 Å². The minimum Gasteiger partial charge on any atom is -0.305 e.